The average molecular weight is 762 g/mol. The molecule has 0 aliphatic rings. The van der Waals surface area contributed by atoms with Crippen LogP contribution in [0.15, 0.2) is 77.9 Å². The van der Waals surface area contributed by atoms with Crippen molar-refractivity contribution in [1.82, 2.24) is 14.5 Å². The van der Waals surface area contributed by atoms with Crippen LogP contribution >= 0.6 is 0 Å². The van der Waals surface area contributed by atoms with Crippen molar-refractivity contribution < 1.29 is 46.8 Å². The minimum atomic E-state index is -1.09. The largest absolute Gasteiger partial charge is 0.478 e. The van der Waals surface area contributed by atoms with Gasteiger partial charge in [-0.3, -0.25) is 4.99 Å². The van der Waals surface area contributed by atoms with Crippen molar-refractivity contribution in [3.8, 4) is 17.1 Å². The molecule has 0 bridgehead atoms. The number of pyridine rings is 1. The van der Waals surface area contributed by atoms with E-state index in [1.807, 2.05) is 0 Å². The number of carboxylic acids is 1. The molecule has 12 nitrogen and oxygen atoms in total. The van der Waals surface area contributed by atoms with Crippen LogP contribution in [0.1, 0.15) is 32.9 Å². The molecule has 290 valence electrons. The zero-order valence-electron chi connectivity index (χ0n) is 30.5. The molecule has 55 heavy (non-hydrogen) atoms. The van der Waals surface area contributed by atoms with Gasteiger partial charge in [0.1, 0.15) is 29.9 Å². The van der Waals surface area contributed by atoms with Gasteiger partial charge in [0, 0.05) is 62.4 Å². The van der Waals surface area contributed by atoms with Crippen LogP contribution in [0.3, 0.4) is 0 Å². The number of rotatable bonds is 21. The Kier molecular flexibility index (Phi) is 14.9. The maximum Gasteiger partial charge on any atom is 0.335 e. The number of aromatic carboxylic acids is 1. The van der Waals surface area contributed by atoms with Gasteiger partial charge in [0.05, 0.1) is 68.5 Å². The topological polar surface area (TPSA) is 153 Å². The molecule has 0 saturated heterocycles. The van der Waals surface area contributed by atoms with Crippen LogP contribution in [0, 0.1) is 17.5 Å². The molecular weight excluding hydrogens is 719 g/mol. The number of methoxy groups -OCH3 is 2. The molecule has 0 fully saturated rings. The molecule has 0 aliphatic carbocycles. The molecule has 3 aromatic carbocycles. The first kappa shape index (κ1) is 40.6. The van der Waals surface area contributed by atoms with Gasteiger partial charge in [-0.25, -0.2) is 27.9 Å². The summed E-state index contributed by atoms with van der Waals surface area (Å²) in [6.45, 7) is 3.11. The second-order valence-electron chi connectivity index (χ2n) is 12.1. The third kappa shape index (κ3) is 11.0. The smallest absolute Gasteiger partial charge is 0.335 e. The summed E-state index contributed by atoms with van der Waals surface area (Å²) in [5, 5.41) is 9.46. The average Bonchev–Trinajstić information content (AvgIpc) is 3.52. The van der Waals surface area contributed by atoms with Gasteiger partial charge in [0.25, 0.3) is 0 Å². The second kappa shape index (κ2) is 20.2. The summed E-state index contributed by atoms with van der Waals surface area (Å²) in [5.74, 6) is -2.56. The van der Waals surface area contributed by atoms with Crippen LogP contribution in [-0.2, 0) is 38.5 Å². The summed E-state index contributed by atoms with van der Waals surface area (Å²) >= 11 is 0. The van der Waals surface area contributed by atoms with Crippen molar-refractivity contribution in [3.63, 3.8) is 0 Å². The van der Waals surface area contributed by atoms with E-state index < -0.39 is 23.4 Å². The van der Waals surface area contributed by atoms with E-state index in [-0.39, 0.29) is 46.9 Å². The predicted octanol–water partition coefficient (Wildman–Crippen LogP) is 6.08. The highest BCUT2D eigenvalue weighted by molar-refractivity contribution is 6.09. The maximum atomic E-state index is 15.6. The standard InChI is InChI=1S/C40H42F3N5O7/c1-51-13-11-48-37-20-27(40(49)50)8-9-36(37)46-38(48)21-29-19-34(43)31(22-33(29)42)35-4-3-5-39(47-35)55-25-28-7-6-26(18-32(28)41)30(23-44)24-45-10-12-53-16-17-54-15-14-52-2/h3-9,18-20,22-24H,10-17,21,25,44H2,1-2H3,(H,49,50)/b30-23+,45-24?. The number of imidazole rings is 1. The quantitative estimate of drug-likeness (QED) is 0.0665. The van der Waals surface area contributed by atoms with Gasteiger partial charge in [-0.05, 0) is 53.6 Å². The molecule has 0 amide bonds. The summed E-state index contributed by atoms with van der Waals surface area (Å²) in [7, 11) is 3.13. The third-order valence-electron chi connectivity index (χ3n) is 8.42. The van der Waals surface area contributed by atoms with Crippen molar-refractivity contribution in [1.29, 1.82) is 0 Å². The fourth-order valence-corrected chi connectivity index (χ4v) is 5.56. The van der Waals surface area contributed by atoms with Crippen LogP contribution < -0.4 is 10.5 Å². The van der Waals surface area contributed by atoms with E-state index >= 15 is 13.2 Å². The summed E-state index contributed by atoms with van der Waals surface area (Å²) in [6, 6.07) is 15.8. The van der Waals surface area contributed by atoms with E-state index in [4.69, 9.17) is 29.4 Å². The summed E-state index contributed by atoms with van der Waals surface area (Å²) in [6.07, 6.45) is 2.81. The van der Waals surface area contributed by atoms with Gasteiger partial charge < -0.3 is 39.1 Å². The number of hydrogen-bond donors (Lipinski definition) is 2. The Bertz CT molecular complexity index is 2140. The van der Waals surface area contributed by atoms with Crippen LogP contribution in [0.2, 0.25) is 0 Å². The molecule has 5 aromatic rings. The molecule has 2 aromatic heterocycles. The minimum absolute atomic E-state index is 0.0449. The number of carboxylic acid groups (broad SMARTS) is 1. The van der Waals surface area contributed by atoms with E-state index in [9.17, 15) is 9.90 Å². The highest BCUT2D eigenvalue weighted by Gasteiger charge is 2.19. The van der Waals surface area contributed by atoms with Crippen molar-refractivity contribution in [2.75, 3.05) is 60.4 Å². The lowest BCUT2D eigenvalue weighted by Crippen LogP contribution is -2.10. The van der Waals surface area contributed by atoms with E-state index in [0.717, 1.165) is 12.1 Å². The van der Waals surface area contributed by atoms with E-state index in [0.29, 0.717) is 80.7 Å². The highest BCUT2D eigenvalue weighted by atomic mass is 19.1. The van der Waals surface area contributed by atoms with Crippen LogP contribution in [-0.4, -0.2) is 92.2 Å². The number of benzene rings is 3. The number of ether oxygens (including phenoxy) is 5. The Morgan fingerprint density at radius 3 is 2.33 bits per heavy atom. The molecule has 0 radical (unpaired) electrons. The molecule has 0 unspecified atom stereocenters. The number of carbonyl (C=O) groups is 1. The fourth-order valence-electron chi connectivity index (χ4n) is 5.56. The van der Waals surface area contributed by atoms with Gasteiger partial charge in [-0.15, -0.1) is 0 Å². The predicted molar refractivity (Wildman–Crippen MR) is 201 cm³/mol. The van der Waals surface area contributed by atoms with Gasteiger partial charge in [0.15, 0.2) is 0 Å². The lowest BCUT2D eigenvalue weighted by molar-refractivity contribution is 0.0268. The molecule has 0 aliphatic heterocycles. The number of nitrogens with zero attached hydrogens (tertiary/aromatic N) is 4. The van der Waals surface area contributed by atoms with Crippen molar-refractivity contribution in [2.45, 2.75) is 19.6 Å². The number of fused-ring (bicyclic) bond motifs is 1. The van der Waals surface area contributed by atoms with Crippen LogP contribution in [0.5, 0.6) is 5.88 Å². The minimum Gasteiger partial charge on any atom is -0.478 e. The van der Waals surface area contributed by atoms with E-state index in [2.05, 4.69) is 15.0 Å². The molecule has 0 saturated carbocycles. The Balaban J connectivity index is 1.22. The van der Waals surface area contributed by atoms with Crippen molar-refractivity contribution >= 4 is 28.8 Å². The summed E-state index contributed by atoms with van der Waals surface area (Å²) in [5.41, 5.74) is 8.24. The third-order valence-corrected chi connectivity index (χ3v) is 8.42. The van der Waals surface area contributed by atoms with Gasteiger partial charge in [-0.1, -0.05) is 18.2 Å². The Morgan fingerprint density at radius 2 is 1.58 bits per heavy atom. The molecule has 0 atom stereocenters. The summed E-state index contributed by atoms with van der Waals surface area (Å²) < 4.78 is 74.7. The number of nitrogens with two attached hydrogens (primary N) is 1. The molecular formula is C40H42F3N5O7. The monoisotopic (exact) mass is 761 g/mol. The zero-order valence-corrected chi connectivity index (χ0v) is 30.5. The van der Waals surface area contributed by atoms with Gasteiger partial charge in [0.2, 0.25) is 5.88 Å². The number of halogens is 3. The summed E-state index contributed by atoms with van der Waals surface area (Å²) in [4.78, 5) is 24.8. The first-order valence-corrected chi connectivity index (χ1v) is 17.4. The zero-order chi connectivity index (χ0) is 39.2. The second-order valence-corrected chi connectivity index (χ2v) is 12.1. The SMILES string of the molecule is COCCOCCOCCN=C/C(=C\N)c1ccc(COc2cccc(-c3cc(F)c(Cc4nc5ccc(C(=O)O)cc5n4CCOC)cc3F)n2)c(F)c1. The molecule has 3 N–H and O–H groups in total. The van der Waals surface area contributed by atoms with Gasteiger partial charge in [-0.2, -0.15) is 0 Å². The molecule has 0 spiro atoms. The lowest BCUT2D eigenvalue weighted by Gasteiger charge is -2.12. The molecule has 2 heterocycles. The number of hydrogen-bond acceptors (Lipinski definition) is 10. The fraction of sp³-hybridized carbons (Fsp3) is 0.300. The Hall–Kier alpha value is -5.61. The Morgan fingerprint density at radius 1 is 0.836 bits per heavy atom. The van der Waals surface area contributed by atoms with Crippen molar-refractivity contribution in [2.24, 2.45) is 10.7 Å². The Labute approximate surface area is 316 Å². The number of allylic oxidation sites excluding steroid dienone is 1. The maximum absolute atomic E-state index is 15.6. The number of aromatic nitrogens is 3. The lowest BCUT2D eigenvalue weighted by atomic mass is 10.0. The number of aliphatic imine (C=N–C) groups is 1. The van der Waals surface area contributed by atoms with Gasteiger partial charge >= 0.3 is 5.97 Å². The van der Waals surface area contributed by atoms with E-state index in [1.54, 1.807) is 42.2 Å². The normalized spacial score (nSPS) is 11.9. The van der Waals surface area contributed by atoms with Crippen LogP contribution in [0.25, 0.3) is 27.9 Å². The highest BCUT2D eigenvalue weighted by Crippen LogP contribution is 2.28. The van der Waals surface area contributed by atoms with Crippen molar-refractivity contribution in [3.05, 3.63) is 118 Å². The molecule has 15 heteroatoms. The first-order valence-electron chi connectivity index (χ1n) is 17.4. The van der Waals surface area contributed by atoms with E-state index in [1.165, 1.54) is 43.6 Å². The van der Waals surface area contributed by atoms with Crippen LogP contribution in [0.4, 0.5) is 13.2 Å². The first-order chi connectivity index (χ1) is 26.7. The molecule has 5 rings (SSSR count).